The van der Waals surface area contributed by atoms with Crippen molar-refractivity contribution in [2.45, 2.75) is 20.0 Å². The quantitative estimate of drug-likeness (QED) is 0.474. The first-order valence-electron chi connectivity index (χ1n) is 8.99. The van der Waals surface area contributed by atoms with E-state index in [2.05, 4.69) is 0 Å². The Morgan fingerprint density at radius 2 is 1.66 bits per heavy atom. The van der Waals surface area contributed by atoms with Crippen molar-refractivity contribution in [2.75, 3.05) is 0 Å². The van der Waals surface area contributed by atoms with Gasteiger partial charge in [0.05, 0.1) is 18.6 Å². The average Bonchev–Trinajstić information content (AvgIpc) is 3.20. The summed E-state index contributed by atoms with van der Waals surface area (Å²) in [5.41, 5.74) is 1.72. The first-order chi connectivity index (χ1) is 13.9. The van der Waals surface area contributed by atoms with Crippen molar-refractivity contribution < 1.29 is 9.18 Å². The van der Waals surface area contributed by atoms with Crippen molar-refractivity contribution in [2.24, 2.45) is 0 Å². The second kappa shape index (κ2) is 7.60. The zero-order valence-corrected chi connectivity index (χ0v) is 16.4. The van der Waals surface area contributed by atoms with E-state index in [4.69, 9.17) is 0 Å². The first-order valence-corrected chi connectivity index (χ1v) is 9.87. The van der Waals surface area contributed by atoms with Crippen LogP contribution in [0.25, 0.3) is 10.2 Å². The fourth-order valence-electron chi connectivity index (χ4n) is 3.17. The van der Waals surface area contributed by atoms with Gasteiger partial charge >= 0.3 is 5.69 Å². The minimum absolute atomic E-state index is 0.122. The minimum Gasteiger partial charge on any atom is -0.292 e. The third-order valence-corrected chi connectivity index (χ3v) is 5.66. The van der Waals surface area contributed by atoms with Gasteiger partial charge < -0.3 is 0 Å². The van der Waals surface area contributed by atoms with E-state index in [1.807, 2.05) is 31.2 Å². The number of hydrogen-bond acceptors (Lipinski definition) is 4. The number of halogens is 1. The van der Waals surface area contributed by atoms with Gasteiger partial charge in [-0.3, -0.25) is 18.7 Å². The molecule has 5 nitrogen and oxygen atoms in total. The van der Waals surface area contributed by atoms with E-state index in [1.54, 1.807) is 11.4 Å². The lowest BCUT2D eigenvalue weighted by Gasteiger charge is -2.12. The Kier molecular flexibility index (Phi) is 4.98. The highest BCUT2D eigenvalue weighted by Crippen LogP contribution is 2.16. The van der Waals surface area contributed by atoms with E-state index < -0.39 is 11.5 Å². The normalized spacial score (nSPS) is 11.1. The molecule has 0 spiro atoms. The fraction of sp³-hybridized carbons (Fsp3) is 0.136. The number of aryl methyl sites for hydroxylation is 1. The largest absolute Gasteiger partial charge is 0.332 e. The highest BCUT2D eigenvalue weighted by molar-refractivity contribution is 7.17. The monoisotopic (exact) mass is 408 g/mol. The maximum Gasteiger partial charge on any atom is 0.332 e. The number of aromatic nitrogens is 2. The van der Waals surface area contributed by atoms with Gasteiger partial charge in [-0.25, -0.2) is 9.18 Å². The molecule has 0 bridgehead atoms. The molecule has 0 saturated carbocycles. The van der Waals surface area contributed by atoms with Gasteiger partial charge in [0, 0.05) is 5.56 Å². The van der Waals surface area contributed by atoms with E-state index in [0.717, 1.165) is 15.7 Å². The second-order valence-electron chi connectivity index (χ2n) is 6.81. The lowest BCUT2D eigenvalue weighted by Crippen LogP contribution is -2.40. The summed E-state index contributed by atoms with van der Waals surface area (Å²) in [6.07, 6.45) is 0. The van der Waals surface area contributed by atoms with Gasteiger partial charge in [-0.05, 0) is 48.2 Å². The molecule has 0 N–H and O–H groups in total. The van der Waals surface area contributed by atoms with Crippen LogP contribution in [0, 0.1) is 12.7 Å². The van der Waals surface area contributed by atoms with Gasteiger partial charge in [-0.1, -0.05) is 29.8 Å². The van der Waals surface area contributed by atoms with Crippen LogP contribution in [-0.4, -0.2) is 14.9 Å². The number of carbonyl (C=O) groups is 1. The molecule has 4 aromatic rings. The molecule has 4 rings (SSSR count). The SMILES string of the molecule is Cc1ccc(Cn2c(=O)c3sccc3n(CC(=O)c3ccc(F)cc3)c2=O)cc1. The zero-order chi connectivity index (χ0) is 20.5. The molecule has 146 valence electrons. The molecule has 29 heavy (non-hydrogen) atoms. The number of carbonyl (C=O) groups excluding carboxylic acids is 1. The molecule has 0 fully saturated rings. The highest BCUT2D eigenvalue weighted by Gasteiger charge is 2.17. The summed E-state index contributed by atoms with van der Waals surface area (Å²) in [6.45, 7) is 1.85. The molecule has 2 aromatic heterocycles. The Hall–Kier alpha value is -3.32. The van der Waals surface area contributed by atoms with Gasteiger partial charge in [-0.2, -0.15) is 0 Å². The van der Waals surface area contributed by atoms with Crippen molar-refractivity contribution in [3.63, 3.8) is 0 Å². The van der Waals surface area contributed by atoms with Crippen LogP contribution in [-0.2, 0) is 13.1 Å². The molecule has 7 heteroatoms. The average molecular weight is 408 g/mol. The number of rotatable bonds is 5. The second-order valence-corrected chi connectivity index (χ2v) is 7.73. The maximum absolute atomic E-state index is 13.1. The molecule has 0 radical (unpaired) electrons. The van der Waals surface area contributed by atoms with Crippen molar-refractivity contribution in [3.05, 3.63) is 103 Å². The molecule has 0 amide bonds. The smallest absolute Gasteiger partial charge is 0.292 e. The van der Waals surface area contributed by atoms with Crippen LogP contribution in [0.1, 0.15) is 21.5 Å². The lowest BCUT2D eigenvalue weighted by molar-refractivity contribution is 0.0971. The van der Waals surface area contributed by atoms with Crippen LogP contribution in [0.15, 0.2) is 69.6 Å². The van der Waals surface area contributed by atoms with Crippen molar-refractivity contribution in [3.8, 4) is 0 Å². The summed E-state index contributed by atoms with van der Waals surface area (Å²) in [5, 5.41) is 1.72. The van der Waals surface area contributed by atoms with Crippen LogP contribution in [0.5, 0.6) is 0 Å². The number of ketones is 1. The Balaban J connectivity index is 1.79. The molecule has 2 heterocycles. The fourth-order valence-corrected chi connectivity index (χ4v) is 4.02. The predicted molar refractivity (Wildman–Crippen MR) is 111 cm³/mol. The number of nitrogens with zero attached hydrogens (tertiary/aromatic N) is 2. The van der Waals surface area contributed by atoms with E-state index >= 15 is 0 Å². The summed E-state index contributed by atoms with van der Waals surface area (Å²) in [7, 11) is 0. The number of thiophene rings is 1. The third-order valence-electron chi connectivity index (χ3n) is 4.77. The maximum atomic E-state index is 13.1. The van der Waals surface area contributed by atoms with Gasteiger partial charge in [-0.15, -0.1) is 11.3 Å². The summed E-state index contributed by atoms with van der Waals surface area (Å²) >= 11 is 1.23. The molecular formula is C22H17FN2O3S. The van der Waals surface area contributed by atoms with Gasteiger partial charge in [0.25, 0.3) is 5.56 Å². The van der Waals surface area contributed by atoms with Crippen molar-refractivity contribution >= 4 is 27.3 Å². The number of Topliss-reactive ketones (excluding diaryl/α,β-unsaturated/α-hetero) is 1. The van der Waals surface area contributed by atoms with Crippen LogP contribution in [0.3, 0.4) is 0 Å². The van der Waals surface area contributed by atoms with Crippen LogP contribution >= 0.6 is 11.3 Å². The van der Waals surface area contributed by atoms with E-state index in [1.165, 1.54) is 40.2 Å². The molecule has 0 aliphatic carbocycles. The number of benzene rings is 2. The molecule has 2 aromatic carbocycles. The Labute approximate surface area is 169 Å². The van der Waals surface area contributed by atoms with Crippen molar-refractivity contribution in [1.82, 2.24) is 9.13 Å². The molecule has 0 unspecified atom stereocenters. The zero-order valence-electron chi connectivity index (χ0n) is 15.6. The van der Waals surface area contributed by atoms with Crippen LogP contribution < -0.4 is 11.2 Å². The molecule has 0 atom stereocenters. The first kappa shape index (κ1) is 19.0. The lowest BCUT2D eigenvalue weighted by atomic mass is 10.1. The van der Waals surface area contributed by atoms with E-state index in [0.29, 0.717) is 15.8 Å². The molecular weight excluding hydrogens is 391 g/mol. The van der Waals surface area contributed by atoms with Crippen LogP contribution in [0.2, 0.25) is 0 Å². The highest BCUT2D eigenvalue weighted by atomic mass is 32.1. The van der Waals surface area contributed by atoms with E-state index in [9.17, 15) is 18.8 Å². The Bertz CT molecular complexity index is 1320. The number of fused-ring (bicyclic) bond motifs is 1. The van der Waals surface area contributed by atoms with Crippen LogP contribution in [0.4, 0.5) is 4.39 Å². The standard InChI is InChI=1S/C22H17FN2O3S/c1-14-2-4-15(5-3-14)12-25-21(27)20-18(10-11-29-20)24(22(25)28)13-19(26)16-6-8-17(23)9-7-16/h2-11H,12-13H2,1H3. The Morgan fingerprint density at radius 1 is 0.966 bits per heavy atom. The molecule has 0 aliphatic rings. The summed E-state index contributed by atoms with van der Waals surface area (Å²) in [5.74, 6) is -0.772. The van der Waals surface area contributed by atoms with Gasteiger partial charge in [0.2, 0.25) is 0 Å². The van der Waals surface area contributed by atoms with Gasteiger partial charge in [0.1, 0.15) is 10.5 Å². The van der Waals surface area contributed by atoms with Crippen molar-refractivity contribution in [1.29, 1.82) is 0 Å². The third kappa shape index (κ3) is 3.69. The van der Waals surface area contributed by atoms with E-state index in [-0.39, 0.29) is 24.4 Å². The summed E-state index contributed by atoms with van der Waals surface area (Å²) in [4.78, 5) is 38.6. The topological polar surface area (TPSA) is 61.1 Å². The molecule has 0 aliphatic heterocycles. The summed E-state index contributed by atoms with van der Waals surface area (Å²) in [6, 6.07) is 14.4. The number of hydrogen-bond donors (Lipinski definition) is 0. The summed E-state index contributed by atoms with van der Waals surface area (Å²) < 4.78 is 16.0. The van der Waals surface area contributed by atoms with Gasteiger partial charge in [0.15, 0.2) is 5.78 Å². The molecule has 0 saturated heterocycles. The Morgan fingerprint density at radius 3 is 2.34 bits per heavy atom. The minimum atomic E-state index is -0.545. The predicted octanol–water partition coefficient (Wildman–Crippen LogP) is 3.60.